The molecule has 0 unspecified atom stereocenters. The van der Waals surface area contributed by atoms with E-state index in [0.717, 1.165) is 11.1 Å². The lowest BCUT2D eigenvalue weighted by Crippen LogP contribution is -2.23. The monoisotopic (exact) mass is 335 g/mol. The molecular formula is C14H18N5O3P. The maximum Gasteiger partial charge on any atom is 0.390 e. The van der Waals surface area contributed by atoms with Gasteiger partial charge >= 0.3 is 7.60 Å². The highest BCUT2D eigenvalue weighted by Crippen LogP contribution is 2.36. The molecular weight excluding hydrogens is 317 g/mol. The summed E-state index contributed by atoms with van der Waals surface area (Å²) in [6, 6.07) is 6.75. The molecule has 0 radical (unpaired) electrons. The van der Waals surface area contributed by atoms with E-state index in [-0.39, 0.29) is 5.58 Å². The lowest BCUT2D eigenvalue weighted by Gasteiger charge is -2.10. The number of H-pyrrole nitrogens is 1. The van der Waals surface area contributed by atoms with Crippen LogP contribution >= 0.6 is 7.60 Å². The summed E-state index contributed by atoms with van der Waals surface area (Å²) in [4.78, 5) is 26.8. The first-order chi connectivity index (χ1) is 10.9. The Bertz CT molecular complexity index is 743. The van der Waals surface area contributed by atoms with Crippen molar-refractivity contribution in [2.75, 3.05) is 6.54 Å². The lowest BCUT2D eigenvalue weighted by atomic mass is 10.2. The Morgan fingerprint density at radius 3 is 2.57 bits per heavy atom. The first-order valence-corrected chi connectivity index (χ1v) is 8.46. The van der Waals surface area contributed by atoms with E-state index in [2.05, 4.69) is 25.5 Å². The van der Waals surface area contributed by atoms with E-state index in [1.54, 1.807) is 24.3 Å². The molecule has 0 spiro atoms. The third kappa shape index (κ3) is 5.14. The molecule has 4 N–H and O–H groups in total. The van der Waals surface area contributed by atoms with E-state index in [4.69, 9.17) is 0 Å². The first-order valence-electron chi connectivity index (χ1n) is 6.84. The van der Waals surface area contributed by atoms with Crippen molar-refractivity contribution in [3.8, 4) is 11.4 Å². The predicted molar refractivity (Wildman–Crippen MR) is 88.4 cm³/mol. The van der Waals surface area contributed by atoms with Crippen LogP contribution in [0.4, 0.5) is 5.69 Å². The van der Waals surface area contributed by atoms with E-state index < -0.39 is 7.60 Å². The SMILES string of the molecule is CC(C)=CCNC(=Nc1ccc(-c2nc[nH]n2)cc1)P(=O)(O)O. The van der Waals surface area contributed by atoms with Crippen LogP contribution in [0.25, 0.3) is 11.4 Å². The van der Waals surface area contributed by atoms with Gasteiger partial charge in [-0.2, -0.15) is 5.10 Å². The normalized spacial score (nSPS) is 12.1. The van der Waals surface area contributed by atoms with Crippen LogP contribution in [-0.4, -0.2) is 37.1 Å². The van der Waals surface area contributed by atoms with Gasteiger partial charge in [-0.15, -0.1) is 0 Å². The van der Waals surface area contributed by atoms with Gasteiger partial charge in [-0.05, 0) is 38.1 Å². The highest BCUT2D eigenvalue weighted by Gasteiger charge is 2.22. The van der Waals surface area contributed by atoms with Gasteiger partial charge in [0.15, 0.2) is 5.82 Å². The number of aromatic nitrogens is 3. The fourth-order valence-corrected chi connectivity index (χ4v) is 2.25. The molecule has 0 fully saturated rings. The maximum atomic E-state index is 11.5. The summed E-state index contributed by atoms with van der Waals surface area (Å²) < 4.78 is 11.5. The Morgan fingerprint density at radius 1 is 1.35 bits per heavy atom. The number of allylic oxidation sites excluding steroid dienone is 1. The molecule has 1 heterocycles. The molecule has 23 heavy (non-hydrogen) atoms. The zero-order valence-electron chi connectivity index (χ0n) is 12.8. The smallest absolute Gasteiger partial charge is 0.360 e. The predicted octanol–water partition coefficient (Wildman–Crippen LogP) is 2.19. The van der Waals surface area contributed by atoms with Crippen molar-refractivity contribution in [2.45, 2.75) is 13.8 Å². The van der Waals surface area contributed by atoms with Crippen LogP contribution in [0, 0.1) is 0 Å². The quantitative estimate of drug-likeness (QED) is 0.287. The fraction of sp³-hybridized carbons (Fsp3) is 0.214. The number of nitrogens with one attached hydrogen (secondary N) is 2. The Morgan fingerprint density at radius 2 is 2.04 bits per heavy atom. The molecule has 122 valence electrons. The average molecular weight is 335 g/mol. The summed E-state index contributed by atoms with van der Waals surface area (Å²) >= 11 is 0. The van der Waals surface area contributed by atoms with E-state index >= 15 is 0 Å². The van der Waals surface area contributed by atoms with E-state index in [9.17, 15) is 14.4 Å². The molecule has 0 aliphatic heterocycles. The molecule has 0 bridgehead atoms. The first kappa shape index (κ1) is 17.1. The van der Waals surface area contributed by atoms with Crippen molar-refractivity contribution in [2.24, 2.45) is 4.99 Å². The van der Waals surface area contributed by atoms with Crippen LogP contribution in [0.15, 0.2) is 47.2 Å². The topological polar surface area (TPSA) is 123 Å². The van der Waals surface area contributed by atoms with E-state index in [1.165, 1.54) is 6.33 Å². The summed E-state index contributed by atoms with van der Waals surface area (Å²) in [6.07, 6.45) is 3.29. The van der Waals surface area contributed by atoms with E-state index in [0.29, 0.717) is 18.1 Å². The number of rotatable bonds is 5. The van der Waals surface area contributed by atoms with Crippen LogP contribution in [0.1, 0.15) is 13.8 Å². The second-order valence-electron chi connectivity index (χ2n) is 5.01. The number of aliphatic imine (C=N–C) groups is 1. The van der Waals surface area contributed by atoms with Crippen molar-refractivity contribution in [3.63, 3.8) is 0 Å². The van der Waals surface area contributed by atoms with E-state index in [1.807, 2.05) is 19.9 Å². The standard InChI is InChI=1S/C14H18N5O3P/c1-10(2)7-8-15-14(23(20,21)22)18-12-5-3-11(4-6-12)13-16-9-17-19-13/h3-7,9H,8H2,1-2H3,(H,15,18)(H,16,17,19)(H2,20,21,22). The van der Waals surface area contributed by atoms with Gasteiger partial charge in [0, 0.05) is 12.1 Å². The number of aromatic amines is 1. The number of benzene rings is 1. The summed E-state index contributed by atoms with van der Waals surface area (Å²) in [6.45, 7) is 4.09. The molecule has 1 aromatic carbocycles. The van der Waals surface area contributed by atoms with Gasteiger partial charge < -0.3 is 15.1 Å². The highest BCUT2D eigenvalue weighted by molar-refractivity contribution is 7.70. The third-order valence-corrected chi connectivity index (χ3v) is 3.63. The Balaban J connectivity index is 2.21. The maximum absolute atomic E-state index is 11.5. The number of amidine groups is 1. The van der Waals surface area contributed by atoms with Crippen LogP contribution in [0.5, 0.6) is 0 Å². The second-order valence-corrected chi connectivity index (χ2v) is 6.52. The molecule has 2 rings (SSSR count). The van der Waals surface area contributed by atoms with Crippen molar-refractivity contribution < 1.29 is 14.4 Å². The summed E-state index contributed by atoms with van der Waals surface area (Å²) in [5.74, 6) is 0.539. The van der Waals surface area contributed by atoms with Crippen molar-refractivity contribution in [1.82, 2.24) is 20.5 Å². The molecule has 9 heteroatoms. The molecule has 0 saturated carbocycles. The summed E-state index contributed by atoms with van der Waals surface area (Å²) in [5, 5.41) is 9.24. The molecule has 0 atom stereocenters. The Kier molecular flexibility index (Phi) is 5.44. The molecule has 1 aromatic heterocycles. The largest absolute Gasteiger partial charge is 0.390 e. The summed E-state index contributed by atoms with van der Waals surface area (Å²) in [5.41, 5.74) is 1.88. The van der Waals surface area contributed by atoms with Gasteiger partial charge in [-0.3, -0.25) is 9.66 Å². The van der Waals surface area contributed by atoms with Gasteiger partial charge in [-0.1, -0.05) is 11.6 Å². The summed E-state index contributed by atoms with van der Waals surface area (Å²) in [7, 11) is -4.48. The molecule has 0 aliphatic carbocycles. The van der Waals surface area contributed by atoms with Crippen molar-refractivity contribution in [3.05, 3.63) is 42.2 Å². The minimum Gasteiger partial charge on any atom is -0.360 e. The van der Waals surface area contributed by atoms with Crippen LogP contribution in [0.3, 0.4) is 0 Å². The molecule has 0 saturated heterocycles. The minimum atomic E-state index is -4.48. The number of hydrogen-bond acceptors (Lipinski definition) is 4. The molecule has 2 aromatic rings. The van der Waals surface area contributed by atoms with Crippen LogP contribution in [0.2, 0.25) is 0 Å². The van der Waals surface area contributed by atoms with Crippen LogP contribution < -0.4 is 5.32 Å². The Labute approximate surface area is 133 Å². The zero-order valence-corrected chi connectivity index (χ0v) is 13.7. The number of hydrogen-bond donors (Lipinski definition) is 4. The Hall–Kier alpha value is -2.28. The van der Waals surface area contributed by atoms with Gasteiger partial charge in [-0.25, -0.2) is 9.98 Å². The van der Waals surface area contributed by atoms with Gasteiger partial charge in [0.2, 0.25) is 5.58 Å². The number of nitrogens with zero attached hydrogens (tertiary/aromatic N) is 3. The van der Waals surface area contributed by atoms with Crippen LogP contribution in [-0.2, 0) is 4.57 Å². The average Bonchev–Trinajstić information content (AvgIpc) is 3.00. The second kappa shape index (κ2) is 7.32. The molecule has 0 aliphatic rings. The fourth-order valence-electron chi connectivity index (χ4n) is 1.71. The van der Waals surface area contributed by atoms with Gasteiger partial charge in [0.25, 0.3) is 0 Å². The van der Waals surface area contributed by atoms with Crippen molar-refractivity contribution in [1.29, 1.82) is 0 Å². The third-order valence-electron chi connectivity index (χ3n) is 2.82. The molecule has 0 amide bonds. The van der Waals surface area contributed by atoms with Crippen molar-refractivity contribution >= 4 is 18.9 Å². The highest BCUT2D eigenvalue weighted by atomic mass is 31.2. The zero-order chi connectivity index (χ0) is 16.9. The molecule has 8 nitrogen and oxygen atoms in total. The van der Waals surface area contributed by atoms with Gasteiger partial charge in [0.1, 0.15) is 6.33 Å². The lowest BCUT2D eigenvalue weighted by molar-refractivity contribution is 0.389. The minimum absolute atomic E-state index is 0.293. The van der Waals surface area contributed by atoms with Gasteiger partial charge in [0.05, 0.1) is 5.69 Å².